The van der Waals surface area contributed by atoms with Gasteiger partial charge in [0.05, 0.1) is 17.3 Å². The highest BCUT2D eigenvalue weighted by Gasteiger charge is 2.35. The quantitative estimate of drug-likeness (QED) is 0.152. The summed E-state index contributed by atoms with van der Waals surface area (Å²) in [5.41, 5.74) is 8.83. The van der Waals surface area contributed by atoms with E-state index in [1.807, 2.05) is 18.3 Å². The molecular formula is C35H33BrN2O2. The molecule has 6 rings (SSSR count). The number of rotatable bonds is 8. The molecule has 2 heterocycles. The Hall–Kier alpha value is -3.83. The van der Waals surface area contributed by atoms with Gasteiger partial charge in [0.2, 0.25) is 0 Å². The first kappa shape index (κ1) is 26.4. The number of methoxy groups -OCH3 is 1. The molecule has 202 valence electrons. The molecule has 0 bridgehead atoms. The van der Waals surface area contributed by atoms with Gasteiger partial charge in [-0.2, -0.15) is 0 Å². The van der Waals surface area contributed by atoms with Gasteiger partial charge in [-0.05, 0) is 80.9 Å². The number of hydrogen-bond donors (Lipinski definition) is 0. The van der Waals surface area contributed by atoms with Gasteiger partial charge >= 0.3 is 0 Å². The molecule has 4 aromatic carbocycles. The molecule has 4 nitrogen and oxygen atoms in total. The van der Waals surface area contributed by atoms with Crippen molar-refractivity contribution >= 4 is 33.5 Å². The highest BCUT2D eigenvalue weighted by Crippen LogP contribution is 2.50. The Morgan fingerprint density at radius 3 is 2.05 bits per heavy atom. The lowest BCUT2D eigenvalue weighted by atomic mass is 9.76. The molecule has 4 aromatic rings. The summed E-state index contributed by atoms with van der Waals surface area (Å²) in [6.07, 6.45) is 5.85. The molecule has 40 heavy (non-hydrogen) atoms. The molecule has 0 fully saturated rings. The first-order valence-corrected chi connectivity index (χ1v) is 14.6. The average molecular weight is 594 g/mol. The summed E-state index contributed by atoms with van der Waals surface area (Å²) in [6, 6.07) is 30.4. The van der Waals surface area contributed by atoms with Crippen LogP contribution >= 0.6 is 15.9 Å². The normalized spacial score (nSPS) is 17.9. The smallest absolute Gasteiger partial charge is 0.175 e. The molecule has 5 heteroatoms. The average Bonchev–Trinajstić information content (AvgIpc) is 3.00. The molecule has 0 aromatic heterocycles. The van der Waals surface area contributed by atoms with Crippen molar-refractivity contribution in [3.63, 3.8) is 0 Å². The molecule has 0 saturated heterocycles. The number of aliphatic imine (C=N–C) groups is 1. The van der Waals surface area contributed by atoms with Crippen LogP contribution < -0.4 is 14.4 Å². The Labute approximate surface area is 245 Å². The van der Waals surface area contributed by atoms with Crippen molar-refractivity contribution in [2.45, 2.75) is 24.7 Å². The predicted octanol–water partition coefficient (Wildman–Crippen LogP) is 8.65. The summed E-state index contributed by atoms with van der Waals surface area (Å²) in [5.74, 6) is 2.02. The van der Waals surface area contributed by atoms with E-state index >= 15 is 0 Å². The number of anilines is 1. The summed E-state index contributed by atoms with van der Waals surface area (Å²) in [7, 11) is 1.65. The van der Waals surface area contributed by atoms with Crippen molar-refractivity contribution in [3.05, 3.63) is 130 Å². The van der Waals surface area contributed by atoms with Crippen LogP contribution in [0, 0.1) is 0 Å². The monoisotopic (exact) mass is 592 g/mol. The van der Waals surface area contributed by atoms with Crippen molar-refractivity contribution in [1.29, 1.82) is 0 Å². The van der Waals surface area contributed by atoms with Crippen LogP contribution in [0.1, 0.15) is 52.5 Å². The third-order valence-electron chi connectivity index (χ3n) is 7.96. The maximum Gasteiger partial charge on any atom is 0.175 e. The van der Waals surface area contributed by atoms with Gasteiger partial charge in [-0.15, -0.1) is 0 Å². The van der Waals surface area contributed by atoms with Crippen LogP contribution in [-0.4, -0.2) is 33.0 Å². The third kappa shape index (κ3) is 5.18. The highest BCUT2D eigenvalue weighted by atomic mass is 79.9. The second kappa shape index (κ2) is 11.7. The maximum absolute atomic E-state index is 5.80. The minimum Gasteiger partial charge on any atom is -0.493 e. The molecule has 0 N–H and O–H groups in total. The number of halogens is 1. The van der Waals surface area contributed by atoms with Crippen LogP contribution in [0.4, 0.5) is 11.4 Å². The largest absolute Gasteiger partial charge is 0.493 e. The SMILES string of the molecule is C=CCOc1c(Br)cc(C=Nc2cc3c4c(c2)[C@@H](c2ccccc2)CCN4CC[C@@H]3c2ccccc2)cc1OC. The van der Waals surface area contributed by atoms with Crippen molar-refractivity contribution in [3.8, 4) is 11.5 Å². The van der Waals surface area contributed by atoms with E-state index in [2.05, 4.69) is 100 Å². The minimum absolute atomic E-state index is 0.353. The Kier molecular flexibility index (Phi) is 7.74. The van der Waals surface area contributed by atoms with E-state index < -0.39 is 0 Å². The molecule has 0 spiro atoms. The molecule has 0 aliphatic carbocycles. The molecule has 2 aliphatic rings. The van der Waals surface area contributed by atoms with Gasteiger partial charge in [-0.1, -0.05) is 73.3 Å². The van der Waals surface area contributed by atoms with Gasteiger partial charge in [0.15, 0.2) is 11.5 Å². The van der Waals surface area contributed by atoms with Crippen molar-refractivity contribution < 1.29 is 9.47 Å². The molecule has 0 unspecified atom stereocenters. The van der Waals surface area contributed by atoms with Gasteiger partial charge in [0.25, 0.3) is 0 Å². The zero-order valence-corrected chi connectivity index (χ0v) is 24.3. The van der Waals surface area contributed by atoms with E-state index in [9.17, 15) is 0 Å². The van der Waals surface area contributed by atoms with Crippen LogP contribution in [0.25, 0.3) is 0 Å². The Bertz CT molecular complexity index is 1460. The molecule has 2 aliphatic heterocycles. The van der Waals surface area contributed by atoms with Crippen LogP contribution in [0.15, 0.2) is 107 Å². The number of ether oxygens (including phenoxy) is 2. The van der Waals surface area contributed by atoms with Crippen LogP contribution in [0.5, 0.6) is 11.5 Å². The van der Waals surface area contributed by atoms with Crippen molar-refractivity contribution in [2.24, 2.45) is 4.99 Å². The van der Waals surface area contributed by atoms with Gasteiger partial charge < -0.3 is 14.4 Å². The number of benzene rings is 4. The third-order valence-corrected chi connectivity index (χ3v) is 8.55. The van der Waals surface area contributed by atoms with E-state index in [1.54, 1.807) is 13.2 Å². The first-order valence-electron chi connectivity index (χ1n) is 13.8. The summed E-state index contributed by atoms with van der Waals surface area (Å²) in [4.78, 5) is 7.63. The van der Waals surface area contributed by atoms with E-state index in [0.29, 0.717) is 29.9 Å². The molecular weight excluding hydrogens is 560 g/mol. The van der Waals surface area contributed by atoms with Crippen LogP contribution in [0.3, 0.4) is 0 Å². The second-order valence-corrected chi connectivity index (χ2v) is 11.2. The van der Waals surface area contributed by atoms with Gasteiger partial charge in [-0.25, -0.2) is 0 Å². The van der Waals surface area contributed by atoms with Gasteiger partial charge in [0, 0.05) is 36.8 Å². The maximum atomic E-state index is 5.80. The summed E-state index contributed by atoms with van der Waals surface area (Å²) >= 11 is 3.64. The molecule has 0 radical (unpaired) electrons. The number of nitrogens with zero attached hydrogens (tertiary/aromatic N) is 2. The van der Waals surface area contributed by atoms with E-state index in [-0.39, 0.29) is 0 Å². The lowest BCUT2D eigenvalue weighted by molar-refractivity contribution is 0.324. The fourth-order valence-corrected chi connectivity index (χ4v) is 6.73. The van der Waals surface area contributed by atoms with E-state index in [1.165, 1.54) is 27.9 Å². The minimum atomic E-state index is 0.353. The van der Waals surface area contributed by atoms with E-state index in [0.717, 1.165) is 41.7 Å². The first-order chi connectivity index (χ1) is 19.7. The fourth-order valence-electron chi connectivity index (χ4n) is 6.16. The summed E-state index contributed by atoms with van der Waals surface area (Å²) < 4.78 is 12.2. The molecule has 0 amide bonds. The summed E-state index contributed by atoms with van der Waals surface area (Å²) in [5, 5.41) is 0. The zero-order chi connectivity index (χ0) is 27.5. The Morgan fingerprint density at radius 2 is 1.50 bits per heavy atom. The molecule has 2 atom stereocenters. The topological polar surface area (TPSA) is 34.1 Å². The van der Waals surface area contributed by atoms with Gasteiger partial charge in [-0.3, -0.25) is 4.99 Å². The van der Waals surface area contributed by atoms with Crippen LogP contribution in [-0.2, 0) is 0 Å². The predicted molar refractivity (Wildman–Crippen MR) is 168 cm³/mol. The summed E-state index contributed by atoms with van der Waals surface area (Å²) in [6.45, 7) is 6.31. The highest BCUT2D eigenvalue weighted by molar-refractivity contribution is 9.10. The zero-order valence-electron chi connectivity index (χ0n) is 22.7. The number of hydrogen-bond acceptors (Lipinski definition) is 4. The fraction of sp³-hybridized carbons (Fsp3) is 0.229. The van der Waals surface area contributed by atoms with Crippen molar-refractivity contribution in [1.82, 2.24) is 0 Å². The second-order valence-electron chi connectivity index (χ2n) is 10.4. The standard InChI is InChI=1S/C35H33BrN2O2/c1-3-18-40-35-32(36)19-24(20-33(35)39-2)23-37-27-21-30-28(25-10-6-4-7-11-25)14-16-38-17-15-29(31(22-27)34(30)38)26-12-8-5-9-13-26/h3-13,19-23,28-29H,1,14-18H2,2H3/t28-,29-/m1/s1. The Morgan fingerprint density at radius 1 is 0.900 bits per heavy atom. The van der Waals surface area contributed by atoms with E-state index in [4.69, 9.17) is 14.5 Å². The lowest BCUT2D eigenvalue weighted by Crippen LogP contribution is -2.37. The van der Waals surface area contributed by atoms with Crippen molar-refractivity contribution in [2.75, 3.05) is 31.7 Å². The van der Waals surface area contributed by atoms with Crippen LogP contribution in [0.2, 0.25) is 0 Å². The lowest BCUT2D eigenvalue weighted by Gasteiger charge is -2.43. The molecule has 0 saturated carbocycles. The van der Waals surface area contributed by atoms with Gasteiger partial charge in [0.1, 0.15) is 6.61 Å². The Balaban J connectivity index is 1.45.